The number of aromatic nitrogens is 1. The first-order valence-electron chi connectivity index (χ1n) is 17.2. The van der Waals surface area contributed by atoms with Crippen molar-refractivity contribution in [3.05, 3.63) is 176 Å². The van der Waals surface area contributed by atoms with Crippen LogP contribution in [0.25, 0.3) is 93.2 Å². The van der Waals surface area contributed by atoms with Crippen molar-refractivity contribution in [1.29, 1.82) is 0 Å². The van der Waals surface area contributed by atoms with E-state index in [2.05, 4.69) is 168 Å². The maximum atomic E-state index is 6.41. The van der Waals surface area contributed by atoms with Gasteiger partial charge in [-0.2, -0.15) is 0 Å². The highest BCUT2D eigenvalue weighted by Crippen LogP contribution is 2.49. The predicted molar refractivity (Wildman–Crippen MR) is 210 cm³/mol. The monoisotopic (exact) mass is 635 g/mol. The van der Waals surface area contributed by atoms with Crippen molar-refractivity contribution in [2.75, 3.05) is 0 Å². The molecule has 1 aliphatic rings. The minimum Gasteiger partial charge on any atom is -0.456 e. The van der Waals surface area contributed by atoms with Gasteiger partial charge in [-0.3, -0.25) is 0 Å². The van der Waals surface area contributed by atoms with Gasteiger partial charge in [-0.1, -0.05) is 127 Å². The Bertz CT molecular complexity index is 2910. The smallest absolute Gasteiger partial charge is 0.135 e. The van der Waals surface area contributed by atoms with E-state index in [4.69, 9.17) is 4.74 Å². The fourth-order valence-electron chi connectivity index (χ4n) is 8.24. The van der Waals surface area contributed by atoms with Crippen LogP contribution in [0.4, 0.5) is 0 Å². The second kappa shape index (κ2) is 10.4. The highest BCUT2D eigenvalue weighted by molar-refractivity contribution is 6.17. The van der Waals surface area contributed by atoms with Crippen molar-refractivity contribution < 1.29 is 4.74 Å². The summed E-state index contributed by atoms with van der Waals surface area (Å²) in [5.41, 5.74) is 10.7. The summed E-state index contributed by atoms with van der Waals surface area (Å²) in [5, 5.41) is 9.91. The van der Waals surface area contributed by atoms with Crippen molar-refractivity contribution >= 4 is 54.1 Å². The molecule has 11 rings (SSSR count). The summed E-state index contributed by atoms with van der Waals surface area (Å²) in [6, 6.07) is 63.9. The maximum Gasteiger partial charge on any atom is 0.135 e. The third-order valence-electron chi connectivity index (χ3n) is 10.6. The normalized spacial score (nSPS) is 12.2. The van der Waals surface area contributed by atoms with Crippen LogP contribution in [0.2, 0.25) is 0 Å². The Morgan fingerprint density at radius 3 is 1.58 bits per heavy atom. The molecule has 0 bridgehead atoms. The highest BCUT2D eigenvalue weighted by Gasteiger charge is 2.22. The molecule has 2 heteroatoms. The van der Waals surface area contributed by atoms with Crippen LogP contribution in [-0.2, 0) is 0 Å². The van der Waals surface area contributed by atoms with Gasteiger partial charge in [-0.05, 0) is 103 Å². The van der Waals surface area contributed by atoms with Gasteiger partial charge in [0, 0.05) is 27.4 Å². The summed E-state index contributed by atoms with van der Waals surface area (Å²) in [7, 11) is 0. The summed E-state index contributed by atoms with van der Waals surface area (Å²) in [6.07, 6.45) is 0. The molecule has 1 aromatic heterocycles. The van der Waals surface area contributed by atoms with Crippen LogP contribution in [0.15, 0.2) is 176 Å². The summed E-state index contributed by atoms with van der Waals surface area (Å²) < 4.78 is 8.84. The fraction of sp³-hybridized carbons (Fsp3) is 0. The second-order valence-electron chi connectivity index (χ2n) is 13.3. The minimum absolute atomic E-state index is 0.908. The lowest BCUT2D eigenvalue weighted by Crippen LogP contribution is -1.98. The lowest BCUT2D eigenvalue weighted by Gasteiger charge is -2.23. The third kappa shape index (κ3) is 3.96. The van der Waals surface area contributed by atoms with Crippen LogP contribution in [-0.4, -0.2) is 4.57 Å². The minimum atomic E-state index is 0.908. The molecule has 0 saturated heterocycles. The number of fused-ring (bicyclic) bond motifs is 7. The van der Waals surface area contributed by atoms with Crippen LogP contribution in [0.1, 0.15) is 0 Å². The number of ether oxygens (including phenoxy) is 1. The Hall–Kier alpha value is -6.64. The Labute approximate surface area is 289 Å². The van der Waals surface area contributed by atoms with E-state index in [1.807, 2.05) is 12.1 Å². The largest absolute Gasteiger partial charge is 0.456 e. The standard InChI is InChI=1S/C48H29NO/c1-3-12-33-28-44-42(26-31(33)10-1)43-27-32-11-2-4-13-34(32)29-45(43)49(44)35-22-20-30(21-23-35)36-14-5-6-15-37(36)38-24-25-47-48-40(38)17-9-18-41(48)39-16-7-8-19-46(39)50-47/h1-29H. The average Bonchev–Trinajstić information content (AvgIpc) is 3.48. The van der Waals surface area contributed by atoms with Crippen molar-refractivity contribution in [1.82, 2.24) is 4.57 Å². The van der Waals surface area contributed by atoms with Gasteiger partial charge in [0.15, 0.2) is 0 Å². The molecular weight excluding hydrogens is 607 g/mol. The molecule has 10 aromatic rings. The lowest BCUT2D eigenvalue weighted by molar-refractivity contribution is 0.487. The SMILES string of the molecule is c1ccc2c(c1)Oc1ccc(-c3ccccc3-c3ccc(-n4c5cc6ccccc6cc5c5cc6ccccc6cc54)cc3)c3cccc-2c13. The molecule has 0 aliphatic carbocycles. The van der Waals surface area contributed by atoms with Gasteiger partial charge >= 0.3 is 0 Å². The van der Waals surface area contributed by atoms with E-state index in [1.165, 1.54) is 81.9 Å². The first-order chi connectivity index (χ1) is 24.8. The number of rotatable bonds is 3. The Morgan fingerprint density at radius 1 is 0.340 bits per heavy atom. The predicted octanol–water partition coefficient (Wildman–Crippen LogP) is 13.3. The van der Waals surface area contributed by atoms with Gasteiger partial charge in [-0.25, -0.2) is 0 Å². The van der Waals surface area contributed by atoms with Crippen LogP contribution < -0.4 is 4.74 Å². The molecule has 50 heavy (non-hydrogen) atoms. The van der Waals surface area contributed by atoms with E-state index < -0.39 is 0 Å². The molecule has 2 nitrogen and oxygen atoms in total. The first-order valence-corrected chi connectivity index (χ1v) is 17.2. The molecule has 0 atom stereocenters. The van der Waals surface area contributed by atoms with Gasteiger partial charge in [0.1, 0.15) is 11.5 Å². The zero-order valence-electron chi connectivity index (χ0n) is 27.1. The van der Waals surface area contributed by atoms with E-state index in [9.17, 15) is 0 Å². The molecule has 0 N–H and O–H groups in total. The molecule has 232 valence electrons. The lowest BCUT2D eigenvalue weighted by atomic mass is 9.88. The van der Waals surface area contributed by atoms with Crippen molar-refractivity contribution in [3.8, 4) is 50.6 Å². The second-order valence-corrected chi connectivity index (χ2v) is 13.3. The summed E-state index contributed by atoms with van der Waals surface area (Å²) in [4.78, 5) is 0. The van der Waals surface area contributed by atoms with Crippen molar-refractivity contribution in [2.24, 2.45) is 0 Å². The zero-order valence-corrected chi connectivity index (χ0v) is 27.1. The fourth-order valence-corrected chi connectivity index (χ4v) is 8.24. The number of hydrogen-bond acceptors (Lipinski definition) is 1. The van der Waals surface area contributed by atoms with Crippen LogP contribution in [0.5, 0.6) is 11.5 Å². The molecule has 0 spiro atoms. The van der Waals surface area contributed by atoms with Crippen LogP contribution in [0.3, 0.4) is 0 Å². The van der Waals surface area contributed by atoms with E-state index in [-0.39, 0.29) is 0 Å². The third-order valence-corrected chi connectivity index (χ3v) is 10.6. The van der Waals surface area contributed by atoms with Crippen molar-refractivity contribution in [3.63, 3.8) is 0 Å². The number of para-hydroxylation sites is 1. The Morgan fingerprint density at radius 2 is 0.900 bits per heavy atom. The number of hydrogen-bond donors (Lipinski definition) is 0. The first kappa shape index (κ1) is 27.3. The van der Waals surface area contributed by atoms with Gasteiger partial charge in [-0.15, -0.1) is 0 Å². The maximum absolute atomic E-state index is 6.41. The molecule has 0 saturated carbocycles. The van der Waals surface area contributed by atoms with E-state index in [0.29, 0.717) is 0 Å². The molecular formula is C48H29NO. The van der Waals surface area contributed by atoms with E-state index >= 15 is 0 Å². The van der Waals surface area contributed by atoms with Crippen LogP contribution in [0, 0.1) is 0 Å². The molecule has 1 aliphatic heterocycles. The molecule has 9 aromatic carbocycles. The molecule has 2 heterocycles. The van der Waals surface area contributed by atoms with E-state index in [1.54, 1.807) is 0 Å². The average molecular weight is 636 g/mol. The van der Waals surface area contributed by atoms with Crippen LogP contribution >= 0.6 is 0 Å². The summed E-state index contributed by atoms with van der Waals surface area (Å²) in [5.74, 6) is 1.82. The molecule has 0 unspecified atom stereocenters. The van der Waals surface area contributed by atoms with Gasteiger partial charge in [0.2, 0.25) is 0 Å². The topological polar surface area (TPSA) is 14.2 Å². The van der Waals surface area contributed by atoms with Gasteiger partial charge < -0.3 is 9.30 Å². The molecule has 0 radical (unpaired) electrons. The Balaban J connectivity index is 1.08. The summed E-state index contributed by atoms with van der Waals surface area (Å²) >= 11 is 0. The summed E-state index contributed by atoms with van der Waals surface area (Å²) in [6.45, 7) is 0. The van der Waals surface area contributed by atoms with Gasteiger partial charge in [0.25, 0.3) is 0 Å². The molecule has 0 fully saturated rings. The number of nitrogens with zero attached hydrogens (tertiary/aromatic N) is 1. The highest BCUT2D eigenvalue weighted by atomic mass is 16.5. The Kier molecular flexibility index (Phi) is 5.70. The van der Waals surface area contributed by atoms with E-state index in [0.717, 1.165) is 22.7 Å². The zero-order chi connectivity index (χ0) is 32.8. The van der Waals surface area contributed by atoms with Crippen molar-refractivity contribution in [2.45, 2.75) is 0 Å². The van der Waals surface area contributed by atoms with Gasteiger partial charge in [0.05, 0.1) is 11.0 Å². The number of benzene rings is 9. The quantitative estimate of drug-likeness (QED) is 0.188. The molecule has 0 amide bonds.